The Labute approximate surface area is 87.3 Å². The van der Waals surface area contributed by atoms with E-state index in [1.807, 2.05) is 0 Å². The minimum Gasteiger partial charge on any atom is -0.463 e. The van der Waals surface area contributed by atoms with Gasteiger partial charge in [0.05, 0.1) is 6.61 Å². The highest BCUT2D eigenvalue weighted by Gasteiger charge is 2.08. The van der Waals surface area contributed by atoms with E-state index in [1.165, 1.54) is 12.5 Å². The lowest BCUT2D eigenvalue weighted by molar-refractivity contribution is -0.137. The fourth-order valence-electron chi connectivity index (χ4n) is 1.11. The van der Waals surface area contributed by atoms with Crippen molar-refractivity contribution in [1.82, 2.24) is 0 Å². The summed E-state index contributed by atoms with van der Waals surface area (Å²) in [4.78, 5) is 10.9. The average Bonchev–Trinajstić information content (AvgIpc) is 2.02. The molecule has 2 heteroatoms. The first-order valence-electron chi connectivity index (χ1n) is 5.25. The highest BCUT2D eigenvalue weighted by atomic mass is 16.5. The molecule has 0 aromatic carbocycles. The van der Waals surface area contributed by atoms with Crippen LogP contribution < -0.4 is 0 Å². The standard InChI is InChI=1S/C12H22O2/c1-5-8-11(13)14-10-7-6-9-12(2,3)4/h5,8H,6-7,9-10H2,1-4H3. The van der Waals surface area contributed by atoms with Gasteiger partial charge >= 0.3 is 5.97 Å². The van der Waals surface area contributed by atoms with Crippen LogP contribution in [0.3, 0.4) is 0 Å². The second kappa shape index (κ2) is 6.63. The Morgan fingerprint density at radius 1 is 1.29 bits per heavy atom. The lowest BCUT2D eigenvalue weighted by Crippen LogP contribution is -2.06. The molecule has 0 saturated carbocycles. The van der Waals surface area contributed by atoms with Crippen LogP contribution in [0.2, 0.25) is 0 Å². The predicted molar refractivity (Wildman–Crippen MR) is 59.1 cm³/mol. The topological polar surface area (TPSA) is 26.3 Å². The van der Waals surface area contributed by atoms with E-state index in [9.17, 15) is 4.79 Å². The molecule has 0 atom stereocenters. The van der Waals surface area contributed by atoms with Gasteiger partial charge in [0.2, 0.25) is 0 Å². The number of hydrogen-bond acceptors (Lipinski definition) is 2. The molecule has 0 aromatic rings. The van der Waals surface area contributed by atoms with E-state index < -0.39 is 0 Å². The Hall–Kier alpha value is -0.790. The molecule has 82 valence electrons. The number of rotatable bonds is 5. The molecule has 0 saturated heterocycles. The van der Waals surface area contributed by atoms with Crippen LogP contribution >= 0.6 is 0 Å². The molecule has 0 radical (unpaired) electrons. The molecule has 0 rings (SSSR count). The van der Waals surface area contributed by atoms with E-state index in [-0.39, 0.29) is 5.97 Å². The van der Waals surface area contributed by atoms with Crippen LogP contribution in [-0.4, -0.2) is 12.6 Å². The van der Waals surface area contributed by atoms with Crippen molar-refractivity contribution < 1.29 is 9.53 Å². The van der Waals surface area contributed by atoms with E-state index in [4.69, 9.17) is 4.74 Å². The molecule has 0 fully saturated rings. The van der Waals surface area contributed by atoms with Gasteiger partial charge < -0.3 is 4.74 Å². The minimum atomic E-state index is -0.233. The van der Waals surface area contributed by atoms with E-state index in [2.05, 4.69) is 20.8 Å². The summed E-state index contributed by atoms with van der Waals surface area (Å²) in [7, 11) is 0. The monoisotopic (exact) mass is 198 g/mol. The first kappa shape index (κ1) is 13.2. The zero-order valence-electron chi connectivity index (χ0n) is 9.80. The van der Waals surface area contributed by atoms with Crippen molar-refractivity contribution in [2.45, 2.75) is 47.0 Å². The van der Waals surface area contributed by atoms with Crippen molar-refractivity contribution in [2.24, 2.45) is 5.41 Å². The van der Waals surface area contributed by atoms with Crippen LogP contribution in [-0.2, 0) is 9.53 Å². The number of allylic oxidation sites excluding steroid dienone is 1. The maximum atomic E-state index is 10.9. The van der Waals surface area contributed by atoms with Crippen LogP contribution in [0.15, 0.2) is 12.2 Å². The third-order valence-corrected chi connectivity index (χ3v) is 1.87. The van der Waals surface area contributed by atoms with Crippen molar-refractivity contribution in [3.8, 4) is 0 Å². The first-order valence-corrected chi connectivity index (χ1v) is 5.25. The Morgan fingerprint density at radius 3 is 2.43 bits per heavy atom. The van der Waals surface area contributed by atoms with Gasteiger partial charge in [-0.1, -0.05) is 26.8 Å². The second-order valence-corrected chi connectivity index (χ2v) is 4.69. The molecular formula is C12H22O2. The van der Waals surface area contributed by atoms with Crippen molar-refractivity contribution >= 4 is 5.97 Å². The van der Waals surface area contributed by atoms with Gasteiger partial charge in [0.25, 0.3) is 0 Å². The summed E-state index contributed by atoms with van der Waals surface area (Å²) in [5.41, 5.74) is 0.382. The highest BCUT2D eigenvalue weighted by Crippen LogP contribution is 2.21. The van der Waals surface area contributed by atoms with Gasteiger partial charge in [-0.25, -0.2) is 4.79 Å². The van der Waals surface area contributed by atoms with Gasteiger partial charge in [-0.15, -0.1) is 0 Å². The van der Waals surface area contributed by atoms with E-state index >= 15 is 0 Å². The fraction of sp³-hybridized carbons (Fsp3) is 0.750. The summed E-state index contributed by atoms with van der Waals surface area (Å²) >= 11 is 0. The predicted octanol–water partition coefficient (Wildman–Crippen LogP) is 3.32. The van der Waals surface area contributed by atoms with Crippen LogP contribution in [0, 0.1) is 5.41 Å². The SMILES string of the molecule is CC=CC(=O)OCCCCC(C)(C)C. The number of carbonyl (C=O) groups excluding carboxylic acids is 1. The van der Waals surface area contributed by atoms with Gasteiger partial charge in [0, 0.05) is 6.08 Å². The number of ether oxygens (including phenoxy) is 1. The van der Waals surface area contributed by atoms with Crippen molar-refractivity contribution in [2.75, 3.05) is 6.61 Å². The van der Waals surface area contributed by atoms with Crippen molar-refractivity contribution in [3.05, 3.63) is 12.2 Å². The second-order valence-electron chi connectivity index (χ2n) is 4.69. The smallest absolute Gasteiger partial charge is 0.330 e. The molecule has 0 aromatic heterocycles. The minimum absolute atomic E-state index is 0.233. The molecule has 0 unspecified atom stereocenters. The number of unbranched alkanes of at least 4 members (excludes halogenated alkanes) is 1. The molecule has 0 bridgehead atoms. The maximum Gasteiger partial charge on any atom is 0.330 e. The molecule has 0 aliphatic rings. The quantitative estimate of drug-likeness (QED) is 0.385. The molecule has 0 aliphatic heterocycles. The summed E-state index contributed by atoms with van der Waals surface area (Å²) in [5.74, 6) is -0.233. The molecule has 2 nitrogen and oxygen atoms in total. The summed E-state index contributed by atoms with van der Waals surface area (Å²) < 4.78 is 4.97. The zero-order valence-corrected chi connectivity index (χ0v) is 9.80. The normalized spacial score (nSPS) is 12.0. The molecule has 0 aliphatic carbocycles. The number of carbonyl (C=O) groups is 1. The number of esters is 1. The fourth-order valence-corrected chi connectivity index (χ4v) is 1.11. The number of hydrogen-bond donors (Lipinski definition) is 0. The summed E-state index contributed by atoms with van der Waals surface area (Å²) in [6.07, 6.45) is 6.39. The summed E-state index contributed by atoms with van der Waals surface area (Å²) in [6.45, 7) is 9.01. The van der Waals surface area contributed by atoms with E-state index in [1.54, 1.807) is 13.0 Å². The molecule has 0 N–H and O–H groups in total. The maximum absolute atomic E-state index is 10.9. The Morgan fingerprint density at radius 2 is 1.93 bits per heavy atom. The van der Waals surface area contributed by atoms with Crippen LogP contribution in [0.4, 0.5) is 0 Å². The Balaban J connectivity index is 3.35. The summed E-state index contributed by atoms with van der Waals surface area (Å²) in [5, 5.41) is 0. The van der Waals surface area contributed by atoms with Gasteiger partial charge in [0.15, 0.2) is 0 Å². The molecule has 0 spiro atoms. The third kappa shape index (κ3) is 9.30. The van der Waals surface area contributed by atoms with E-state index in [0.29, 0.717) is 12.0 Å². The Kier molecular flexibility index (Phi) is 6.26. The van der Waals surface area contributed by atoms with Crippen LogP contribution in [0.5, 0.6) is 0 Å². The van der Waals surface area contributed by atoms with Gasteiger partial charge in [-0.3, -0.25) is 0 Å². The Bertz CT molecular complexity index is 187. The zero-order chi connectivity index (χ0) is 11.0. The van der Waals surface area contributed by atoms with Crippen molar-refractivity contribution in [1.29, 1.82) is 0 Å². The summed E-state index contributed by atoms with van der Waals surface area (Å²) in [6, 6.07) is 0. The van der Waals surface area contributed by atoms with Crippen LogP contribution in [0.25, 0.3) is 0 Å². The largest absolute Gasteiger partial charge is 0.463 e. The van der Waals surface area contributed by atoms with Crippen LogP contribution in [0.1, 0.15) is 47.0 Å². The molecular weight excluding hydrogens is 176 g/mol. The van der Waals surface area contributed by atoms with Gasteiger partial charge in [-0.05, 0) is 31.6 Å². The van der Waals surface area contributed by atoms with Crippen molar-refractivity contribution in [3.63, 3.8) is 0 Å². The first-order chi connectivity index (χ1) is 6.45. The third-order valence-electron chi connectivity index (χ3n) is 1.87. The van der Waals surface area contributed by atoms with Gasteiger partial charge in [0.1, 0.15) is 0 Å². The molecule has 14 heavy (non-hydrogen) atoms. The van der Waals surface area contributed by atoms with Gasteiger partial charge in [-0.2, -0.15) is 0 Å². The molecule has 0 heterocycles. The average molecular weight is 198 g/mol. The van der Waals surface area contributed by atoms with E-state index in [0.717, 1.165) is 12.8 Å². The lowest BCUT2D eigenvalue weighted by Gasteiger charge is -2.17. The highest BCUT2D eigenvalue weighted by molar-refractivity contribution is 5.81. The molecule has 0 amide bonds. The lowest BCUT2D eigenvalue weighted by atomic mass is 9.90.